The van der Waals surface area contributed by atoms with E-state index in [9.17, 15) is 14.7 Å². The molecule has 114 valence electrons. The van der Waals surface area contributed by atoms with Gasteiger partial charge in [0.15, 0.2) is 0 Å². The quantitative estimate of drug-likeness (QED) is 0.910. The molecule has 1 amide bonds. The largest absolute Gasteiger partial charge is 0.481 e. The van der Waals surface area contributed by atoms with Gasteiger partial charge in [-0.25, -0.2) is 0 Å². The summed E-state index contributed by atoms with van der Waals surface area (Å²) in [5.41, 5.74) is 1.15. The van der Waals surface area contributed by atoms with Crippen LogP contribution in [0.2, 0.25) is 0 Å². The van der Waals surface area contributed by atoms with Crippen LogP contribution in [0.15, 0.2) is 16.8 Å². The molecule has 1 N–H and O–H groups in total. The molecule has 0 saturated heterocycles. The standard InChI is InChI=1S/C16H21NO3S/c1-10-6-13(14(7-10)16(19)20)15(18)17(12-2-3-12)8-11-4-5-21-9-11/h4-5,9-10,12-14H,2-3,6-8H2,1H3,(H,19,20). The van der Waals surface area contributed by atoms with Gasteiger partial charge in [0.25, 0.3) is 0 Å². The van der Waals surface area contributed by atoms with Crippen LogP contribution in [0.1, 0.15) is 38.2 Å². The molecule has 0 bridgehead atoms. The van der Waals surface area contributed by atoms with Crippen molar-refractivity contribution in [2.45, 2.75) is 45.2 Å². The highest BCUT2D eigenvalue weighted by atomic mass is 32.1. The van der Waals surface area contributed by atoms with Gasteiger partial charge in [-0.05, 0) is 54.0 Å². The Kier molecular flexibility index (Phi) is 4.02. The number of amides is 1. The van der Waals surface area contributed by atoms with Gasteiger partial charge in [-0.3, -0.25) is 9.59 Å². The summed E-state index contributed by atoms with van der Waals surface area (Å²) < 4.78 is 0. The van der Waals surface area contributed by atoms with E-state index in [0.29, 0.717) is 31.3 Å². The van der Waals surface area contributed by atoms with Crippen molar-refractivity contribution in [3.8, 4) is 0 Å². The van der Waals surface area contributed by atoms with Gasteiger partial charge in [-0.2, -0.15) is 11.3 Å². The van der Waals surface area contributed by atoms with Crippen molar-refractivity contribution in [1.29, 1.82) is 0 Å². The Morgan fingerprint density at radius 2 is 2.05 bits per heavy atom. The van der Waals surface area contributed by atoms with E-state index in [0.717, 1.165) is 18.4 Å². The van der Waals surface area contributed by atoms with Crippen LogP contribution in [0, 0.1) is 17.8 Å². The zero-order chi connectivity index (χ0) is 15.0. The molecule has 4 nitrogen and oxygen atoms in total. The topological polar surface area (TPSA) is 57.6 Å². The maximum absolute atomic E-state index is 12.9. The predicted octanol–water partition coefficient (Wildman–Crippen LogP) is 2.99. The summed E-state index contributed by atoms with van der Waals surface area (Å²) in [4.78, 5) is 26.2. The van der Waals surface area contributed by atoms with Crippen LogP contribution < -0.4 is 0 Å². The molecule has 2 aliphatic carbocycles. The molecule has 2 saturated carbocycles. The fourth-order valence-electron chi connectivity index (χ4n) is 3.40. The summed E-state index contributed by atoms with van der Waals surface area (Å²) >= 11 is 1.63. The first-order valence-corrected chi connectivity index (χ1v) is 8.55. The molecule has 2 aliphatic rings. The van der Waals surface area contributed by atoms with Crippen molar-refractivity contribution >= 4 is 23.2 Å². The monoisotopic (exact) mass is 307 g/mol. The van der Waals surface area contributed by atoms with Gasteiger partial charge >= 0.3 is 5.97 Å². The lowest BCUT2D eigenvalue weighted by Gasteiger charge is -2.27. The van der Waals surface area contributed by atoms with Gasteiger partial charge in [0.05, 0.1) is 11.8 Å². The number of carboxylic acid groups (broad SMARTS) is 1. The third-order valence-electron chi connectivity index (χ3n) is 4.64. The first kappa shape index (κ1) is 14.6. The van der Waals surface area contributed by atoms with E-state index in [-0.39, 0.29) is 11.8 Å². The van der Waals surface area contributed by atoms with Crippen LogP contribution in [0.5, 0.6) is 0 Å². The maximum Gasteiger partial charge on any atom is 0.307 e. The number of carbonyl (C=O) groups is 2. The van der Waals surface area contributed by atoms with Crippen molar-refractivity contribution in [1.82, 2.24) is 4.90 Å². The van der Waals surface area contributed by atoms with E-state index in [2.05, 4.69) is 5.38 Å². The number of rotatable bonds is 5. The van der Waals surface area contributed by atoms with Gasteiger partial charge in [0.2, 0.25) is 5.91 Å². The number of hydrogen-bond acceptors (Lipinski definition) is 3. The lowest BCUT2D eigenvalue weighted by molar-refractivity contribution is -0.149. The van der Waals surface area contributed by atoms with Gasteiger partial charge < -0.3 is 10.0 Å². The van der Waals surface area contributed by atoms with E-state index in [1.807, 2.05) is 23.3 Å². The van der Waals surface area contributed by atoms with Crippen molar-refractivity contribution in [3.05, 3.63) is 22.4 Å². The van der Waals surface area contributed by atoms with Gasteiger partial charge in [-0.1, -0.05) is 6.92 Å². The molecular weight excluding hydrogens is 286 g/mol. The zero-order valence-corrected chi connectivity index (χ0v) is 13.0. The molecule has 0 aromatic carbocycles. The first-order valence-electron chi connectivity index (χ1n) is 7.60. The molecule has 3 rings (SSSR count). The van der Waals surface area contributed by atoms with E-state index in [4.69, 9.17) is 0 Å². The fourth-order valence-corrected chi connectivity index (χ4v) is 4.06. The van der Waals surface area contributed by atoms with Crippen LogP contribution in [-0.2, 0) is 16.1 Å². The van der Waals surface area contributed by atoms with E-state index in [1.54, 1.807) is 11.3 Å². The van der Waals surface area contributed by atoms with Crippen molar-refractivity contribution in [3.63, 3.8) is 0 Å². The number of carbonyl (C=O) groups excluding carboxylic acids is 1. The smallest absolute Gasteiger partial charge is 0.307 e. The molecule has 1 aromatic rings. The highest BCUT2D eigenvalue weighted by Gasteiger charge is 2.45. The summed E-state index contributed by atoms with van der Waals surface area (Å²) in [7, 11) is 0. The summed E-state index contributed by atoms with van der Waals surface area (Å²) in [5.74, 6) is -1.28. The second-order valence-electron chi connectivity index (χ2n) is 6.46. The SMILES string of the molecule is CC1CC(C(=O)O)C(C(=O)N(Cc2ccsc2)C2CC2)C1. The molecule has 0 radical (unpaired) electrons. The molecule has 1 heterocycles. The van der Waals surface area contributed by atoms with Crippen molar-refractivity contribution in [2.75, 3.05) is 0 Å². The van der Waals surface area contributed by atoms with Crippen LogP contribution in [0.4, 0.5) is 0 Å². The minimum Gasteiger partial charge on any atom is -0.481 e. The average molecular weight is 307 g/mol. The lowest BCUT2D eigenvalue weighted by atomic mass is 9.94. The molecule has 5 heteroatoms. The van der Waals surface area contributed by atoms with Gasteiger partial charge in [-0.15, -0.1) is 0 Å². The maximum atomic E-state index is 12.9. The molecule has 3 atom stereocenters. The summed E-state index contributed by atoms with van der Waals surface area (Å²) in [6.45, 7) is 2.67. The lowest BCUT2D eigenvalue weighted by Crippen LogP contribution is -2.40. The third-order valence-corrected chi connectivity index (χ3v) is 5.37. The second kappa shape index (κ2) is 5.79. The molecule has 0 aliphatic heterocycles. The van der Waals surface area contributed by atoms with E-state index < -0.39 is 11.9 Å². The summed E-state index contributed by atoms with van der Waals surface area (Å²) in [6.07, 6.45) is 3.44. The molecule has 1 aromatic heterocycles. The molecule has 2 fully saturated rings. The minimum atomic E-state index is -0.816. The van der Waals surface area contributed by atoms with Crippen molar-refractivity contribution < 1.29 is 14.7 Å². The predicted molar refractivity (Wildman–Crippen MR) is 80.9 cm³/mol. The Morgan fingerprint density at radius 1 is 1.33 bits per heavy atom. The van der Waals surface area contributed by atoms with Crippen LogP contribution >= 0.6 is 11.3 Å². The van der Waals surface area contributed by atoms with Gasteiger partial charge in [0.1, 0.15) is 0 Å². The average Bonchev–Trinajstić information content (AvgIpc) is 2.99. The second-order valence-corrected chi connectivity index (χ2v) is 7.24. The number of thiophene rings is 1. The summed E-state index contributed by atoms with van der Waals surface area (Å²) in [6, 6.07) is 2.36. The number of nitrogens with zero attached hydrogens (tertiary/aromatic N) is 1. The highest BCUT2D eigenvalue weighted by molar-refractivity contribution is 7.07. The Bertz CT molecular complexity index is 524. The number of carboxylic acids is 1. The summed E-state index contributed by atoms with van der Waals surface area (Å²) in [5, 5.41) is 13.5. The van der Waals surface area contributed by atoms with Gasteiger partial charge in [0, 0.05) is 12.6 Å². The molecule has 3 unspecified atom stereocenters. The number of aliphatic carboxylic acids is 1. The Morgan fingerprint density at radius 3 is 2.62 bits per heavy atom. The van der Waals surface area contributed by atoms with E-state index in [1.165, 1.54) is 0 Å². The number of hydrogen-bond donors (Lipinski definition) is 1. The van der Waals surface area contributed by atoms with E-state index >= 15 is 0 Å². The Labute approximate surface area is 128 Å². The zero-order valence-electron chi connectivity index (χ0n) is 12.2. The van der Waals surface area contributed by atoms with Crippen LogP contribution in [0.3, 0.4) is 0 Å². The minimum absolute atomic E-state index is 0.0560. The highest BCUT2D eigenvalue weighted by Crippen LogP contribution is 2.40. The Hall–Kier alpha value is -1.36. The van der Waals surface area contributed by atoms with Crippen LogP contribution in [-0.4, -0.2) is 27.9 Å². The fraction of sp³-hybridized carbons (Fsp3) is 0.625. The molecular formula is C16H21NO3S. The van der Waals surface area contributed by atoms with Crippen LogP contribution in [0.25, 0.3) is 0 Å². The normalized spacial score (nSPS) is 28.5. The third kappa shape index (κ3) is 3.12. The molecule has 21 heavy (non-hydrogen) atoms. The molecule has 0 spiro atoms. The first-order chi connectivity index (χ1) is 10.1. The Balaban J connectivity index is 1.75. The van der Waals surface area contributed by atoms with Crippen molar-refractivity contribution in [2.24, 2.45) is 17.8 Å².